The normalized spacial score (nSPS) is 12.7. The molecule has 0 radical (unpaired) electrons. The number of hydrogen-bond donors (Lipinski definition) is 3. The van der Waals surface area contributed by atoms with Crippen molar-refractivity contribution in [1.82, 2.24) is 30.2 Å². The van der Waals surface area contributed by atoms with Gasteiger partial charge >= 0.3 is 0 Å². The fourth-order valence-electron chi connectivity index (χ4n) is 9.12. The van der Waals surface area contributed by atoms with Crippen molar-refractivity contribution in [2.75, 3.05) is 15.5 Å². The van der Waals surface area contributed by atoms with Crippen LogP contribution in [0.25, 0.3) is 0 Å². The van der Waals surface area contributed by atoms with Gasteiger partial charge in [-0.15, -0.1) is 0 Å². The summed E-state index contributed by atoms with van der Waals surface area (Å²) in [5, 5.41) is 19.6. The van der Waals surface area contributed by atoms with E-state index in [1.54, 1.807) is 110 Å². The molecule has 416 valence electrons. The van der Waals surface area contributed by atoms with Crippen LogP contribution in [0.5, 0.6) is 0 Å². The molecule has 0 bridgehead atoms. The summed E-state index contributed by atoms with van der Waals surface area (Å²) in [6.45, 7) is 11.6. The third-order valence-corrected chi connectivity index (χ3v) is 15.4. The second-order valence-corrected chi connectivity index (χ2v) is 22.5. The molecule has 0 atom stereocenters. The first kappa shape index (κ1) is 59.7. The molecule has 2 aliphatic rings. The van der Waals surface area contributed by atoms with Crippen molar-refractivity contribution in [2.45, 2.75) is 78.6 Å². The van der Waals surface area contributed by atoms with Crippen LogP contribution in [0.1, 0.15) is 151 Å². The third-order valence-electron chi connectivity index (χ3n) is 13.4. The molecular weight excluding hydrogens is 1160 g/mol. The highest BCUT2D eigenvalue weighted by molar-refractivity contribution is 6.40. The molecule has 0 fully saturated rings. The second-order valence-electron chi connectivity index (χ2n) is 20.0. The predicted octanol–water partition coefficient (Wildman–Crippen LogP) is 12.6. The van der Waals surface area contributed by atoms with Gasteiger partial charge in [-0.2, -0.15) is 15.3 Å². The number of nitrogens with one attached hydrogen (secondary N) is 2. The maximum atomic E-state index is 12.8. The summed E-state index contributed by atoms with van der Waals surface area (Å²) in [6.07, 6.45) is 1.03. The van der Waals surface area contributed by atoms with E-state index in [0.29, 0.717) is 127 Å². The summed E-state index contributed by atoms with van der Waals surface area (Å²) >= 11 is 38.3. The SMILES string of the molecule is CC(C)c1cc(Cc2c(Cl)cc(N)cc2Cl)n[nH]c1=O.CC(C)c1cc(Cc2c(Cl)cc(N3C(=O)c4ccccc4C3=O)cc2Cl)n[nH]c1=O.CC(C)c1cc(Cc2c(Cl)cc(N3C(=O)c4ccccc4C3=O)cc2Cl)nn(C)c1=O. The average molecular weight is 1210 g/mol. The molecule has 4 amide bonds. The zero-order valence-electron chi connectivity index (χ0n) is 44.6. The second kappa shape index (κ2) is 24.7. The Bertz CT molecular complexity index is 3910. The molecule has 3 aromatic heterocycles. The standard InChI is InChI=1S/C23H19Cl2N3O3.C22H17Cl2N3O3.C14H15Cl2N3O/c1-12(2)17-8-13(26-27(3)21(17)29)9-18-19(24)10-14(11-20(18)25)28-22(30)15-6-4-5-7-16(15)23(28)31;1-11(2)16-7-12(25-26-20(16)28)8-17-18(23)9-13(10-19(17)24)27-21(29)14-5-3-4-6-15(14)22(27)30;1-7(2)10-5-9(18-19-14(10)20)6-11-12(15)3-8(17)4-13(11)16/h4-8,10-12H,9H2,1-3H3;3-7,9-11H,8H2,1-2H3,(H,26,28);3-5,7H,6,17H2,1-2H3,(H,19,20). The van der Waals surface area contributed by atoms with Gasteiger partial charge < -0.3 is 5.73 Å². The third kappa shape index (κ3) is 12.7. The van der Waals surface area contributed by atoms with Crippen LogP contribution in [0.15, 0.2) is 118 Å². The number of rotatable bonds is 11. The van der Waals surface area contributed by atoms with Crippen LogP contribution in [-0.4, -0.2) is 53.8 Å². The Hall–Kier alpha value is -7.44. The van der Waals surface area contributed by atoms with Gasteiger partial charge in [0.1, 0.15) is 0 Å². The zero-order chi connectivity index (χ0) is 58.9. The number of carbonyl (C=O) groups excluding carboxylic acids is 4. The lowest BCUT2D eigenvalue weighted by molar-refractivity contribution is 0.0910. The molecule has 22 heteroatoms. The largest absolute Gasteiger partial charge is 0.399 e. The van der Waals surface area contributed by atoms with Gasteiger partial charge in [0.15, 0.2) is 0 Å². The quantitative estimate of drug-likeness (QED) is 0.0815. The van der Waals surface area contributed by atoms with Crippen LogP contribution in [0.4, 0.5) is 17.1 Å². The van der Waals surface area contributed by atoms with Crippen LogP contribution >= 0.6 is 69.6 Å². The van der Waals surface area contributed by atoms with E-state index < -0.39 is 23.6 Å². The number of H-pyrrole nitrogens is 2. The monoisotopic (exact) mass is 1210 g/mol. The molecule has 0 saturated carbocycles. The molecule has 2 aliphatic heterocycles. The van der Waals surface area contributed by atoms with Crippen molar-refractivity contribution >= 4 is 110 Å². The van der Waals surface area contributed by atoms with Crippen molar-refractivity contribution < 1.29 is 19.2 Å². The number of benzene rings is 5. The van der Waals surface area contributed by atoms with Gasteiger partial charge in [0.05, 0.1) is 50.7 Å². The van der Waals surface area contributed by atoms with Gasteiger partial charge in [-0.25, -0.2) is 24.7 Å². The molecule has 10 rings (SSSR count). The molecule has 5 heterocycles. The molecular formula is C59H51Cl6N9O7. The number of nitrogens with zero attached hydrogens (tertiary/aromatic N) is 6. The molecule has 0 aliphatic carbocycles. The highest BCUT2D eigenvalue weighted by Gasteiger charge is 2.38. The molecule has 8 aromatic rings. The van der Waals surface area contributed by atoms with Gasteiger partial charge in [-0.05, 0) is 113 Å². The number of hydrogen-bond acceptors (Lipinski definition) is 11. The Labute approximate surface area is 494 Å². The lowest BCUT2D eigenvalue weighted by Crippen LogP contribution is -2.29. The Balaban J connectivity index is 0.000000163. The molecule has 0 saturated heterocycles. The van der Waals surface area contributed by atoms with E-state index in [9.17, 15) is 33.6 Å². The molecule has 16 nitrogen and oxygen atoms in total. The first-order chi connectivity index (χ1) is 38.3. The van der Waals surface area contributed by atoms with E-state index in [1.165, 1.54) is 4.68 Å². The smallest absolute Gasteiger partial charge is 0.269 e. The molecule has 81 heavy (non-hydrogen) atoms. The summed E-state index contributed by atoms with van der Waals surface area (Å²) in [6, 6.07) is 28.1. The predicted molar refractivity (Wildman–Crippen MR) is 319 cm³/mol. The Kier molecular flexibility index (Phi) is 18.2. The van der Waals surface area contributed by atoms with E-state index in [1.807, 2.05) is 41.5 Å². The van der Waals surface area contributed by atoms with Crippen LogP contribution in [0.2, 0.25) is 30.1 Å². The molecule has 0 spiro atoms. The number of nitrogens with two attached hydrogens (primary N) is 1. The maximum Gasteiger partial charge on any atom is 0.269 e. The fourth-order valence-corrected chi connectivity index (χ4v) is 11.0. The van der Waals surface area contributed by atoms with Crippen molar-refractivity contribution in [1.29, 1.82) is 0 Å². The first-order valence-electron chi connectivity index (χ1n) is 25.2. The lowest BCUT2D eigenvalue weighted by atomic mass is 10.0. The van der Waals surface area contributed by atoms with Gasteiger partial charge in [0.2, 0.25) is 0 Å². The highest BCUT2D eigenvalue weighted by atomic mass is 35.5. The van der Waals surface area contributed by atoms with Crippen molar-refractivity contribution in [3.8, 4) is 0 Å². The summed E-state index contributed by atoms with van der Waals surface area (Å²) in [5.74, 6) is -1.46. The van der Waals surface area contributed by atoms with Gasteiger partial charge in [-0.1, -0.05) is 135 Å². The van der Waals surface area contributed by atoms with Gasteiger partial charge in [0, 0.05) is 78.8 Å². The minimum absolute atomic E-state index is 0.0395. The molecule has 0 unspecified atom stereocenters. The zero-order valence-corrected chi connectivity index (χ0v) is 49.1. The minimum Gasteiger partial charge on any atom is -0.399 e. The van der Waals surface area contributed by atoms with E-state index in [2.05, 4.69) is 25.5 Å². The number of imide groups is 2. The lowest BCUT2D eigenvalue weighted by Gasteiger charge is -2.17. The van der Waals surface area contributed by atoms with Crippen molar-refractivity contribution in [3.63, 3.8) is 0 Å². The summed E-state index contributed by atoms with van der Waals surface area (Å²) in [5.41, 5.74) is 13.5. The van der Waals surface area contributed by atoms with Crippen LogP contribution in [0, 0.1) is 0 Å². The fraction of sp³-hybridized carbons (Fsp3) is 0.220. The Morgan fingerprint density at radius 2 is 0.741 bits per heavy atom. The Morgan fingerprint density at radius 3 is 1.06 bits per heavy atom. The number of amides is 4. The van der Waals surface area contributed by atoms with Crippen molar-refractivity contribution in [3.05, 3.63) is 237 Å². The van der Waals surface area contributed by atoms with Crippen molar-refractivity contribution in [2.24, 2.45) is 7.05 Å². The number of aryl methyl sites for hydroxylation is 1. The van der Waals surface area contributed by atoms with E-state index in [-0.39, 0.29) is 40.9 Å². The summed E-state index contributed by atoms with van der Waals surface area (Å²) < 4.78 is 1.31. The van der Waals surface area contributed by atoms with Gasteiger partial charge in [-0.3, -0.25) is 33.6 Å². The topological polar surface area (TPSA) is 227 Å². The van der Waals surface area contributed by atoms with E-state index in [4.69, 9.17) is 75.3 Å². The van der Waals surface area contributed by atoms with E-state index >= 15 is 0 Å². The average Bonchev–Trinajstić information content (AvgIpc) is 4.04. The molecule has 5 aromatic carbocycles. The van der Waals surface area contributed by atoms with E-state index in [0.717, 1.165) is 15.4 Å². The summed E-state index contributed by atoms with van der Waals surface area (Å²) in [4.78, 5) is 88.9. The number of aromatic amines is 2. The number of carbonyl (C=O) groups is 4. The number of halogens is 6. The first-order valence-corrected chi connectivity index (χ1v) is 27.5. The summed E-state index contributed by atoms with van der Waals surface area (Å²) in [7, 11) is 1.60. The highest BCUT2D eigenvalue weighted by Crippen LogP contribution is 2.38. The maximum absolute atomic E-state index is 12.8. The van der Waals surface area contributed by atoms with Crippen LogP contribution in [0.3, 0.4) is 0 Å². The molecule has 4 N–H and O–H groups in total. The van der Waals surface area contributed by atoms with Crippen LogP contribution < -0.4 is 32.2 Å². The number of fused-ring (bicyclic) bond motifs is 2. The van der Waals surface area contributed by atoms with Crippen LogP contribution in [-0.2, 0) is 26.3 Å². The minimum atomic E-state index is -0.417. The number of aromatic nitrogens is 6. The Morgan fingerprint density at radius 1 is 0.444 bits per heavy atom. The van der Waals surface area contributed by atoms with Gasteiger partial charge in [0.25, 0.3) is 40.3 Å². The number of nitrogen functional groups attached to an aromatic ring is 1. The number of anilines is 3.